The third-order valence-electron chi connectivity index (χ3n) is 4.29. The predicted molar refractivity (Wildman–Crippen MR) is 113 cm³/mol. The Bertz CT molecular complexity index is 777. The fourth-order valence-electron chi connectivity index (χ4n) is 2.84. The van der Waals surface area contributed by atoms with Crippen molar-refractivity contribution in [3.63, 3.8) is 0 Å². The molecule has 0 aliphatic carbocycles. The van der Waals surface area contributed by atoms with Gasteiger partial charge in [0.1, 0.15) is 5.84 Å². The number of nitriles is 1. The number of carbonyl (C=O) groups excluding carboxylic acids is 1. The number of carbonyl (C=O) groups is 1. The van der Waals surface area contributed by atoms with Crippen LogP contribution in [0.3, 0.4) is 0 Å². The van der Waals surface area contributed by atoms with Crippen LogP contribution >= 0.6 is 0 Å². The van der Waals surface area contributed by atoms with Gasteiger partial charge in [-0.3, -0.25) is 14.7 Å². The highest BCUT2D eigenvalue weighted by Gasteiger charge is 2.16. The summed E-state index contributed by atoms with van der Waals surface area (Å²) in [5.41, 5.74) is 3.42. The molecule has 0 radical (unpaired) electrons. The molecule has 0 aliphatic heterocycles. The Morgan fingerprint density at radius 2 is 2.00 bits per heavy atom. The highest BCUT2D eigenvalue weighted by molar-refractivity contribution is 5.97. The summed E-state index contributed by atoms with van der Waals surface area (Å²) >= 11 is 0. The average molecular weight is 364 g/mol. The van der Waals surface area contributed by atoms with Gasteiger partial charge >= 0.3 is 0 Å². The first kappa shape index (κ1) is 22.1. The summed E-state index contributed by atoms with van der Waals surface area (Å²) in [6.45, 7) is 9.76. The molecule has 0 heterocycles. The van der Waals surface area contributed by atoms with E-state index in [0.717, 1.165) is 41.8 Å². The van der Waals surface area contributed by atoms with Crippen molar-refractivity contribution in [1.82, 2.24) is 4.90 Å². The van der Waals surface area contributed by atoms with Gasteiger partial charge in [-0.1, -0.05) is 56.3 Å². The van der Waals surface area contributed by atoms with Gasteiger partial charge in [-0.25, -0.2) is 0 Å². The zero-order valence-electron chi connectivity index (χ0n) is 16.8. The molecule has 0 unspecified atom stereocenters. The second-order valence-electron chi connectivity index (χ2n) is 6.18. The zero-order chi connectivity index (χ0) is 20.2. The first-order valence-electron chi connectivity index (χ1n) is 9.24. The summed E-state index contributed by atoms with van der Waals surface area (Å²) in [5, 5.41) is 9.35. The number of amides is 1. The van der Waals surface area contributed by atoms with Gasteiger partial charge < -0.3 is 0 Å². The van der Waals surface area contributed by atoms with E-state index in [0.29, 0.717) is 12.1 Å². The van der Waals surface area contributed by atoms with E-state index in [9.17, 15) is 10.1 Å². The molecule has 142 valence electrons. The van der Waals surface area contributed by atoms with Gasteiger partial charge in [0, 0.05) is 20.4 Å². The quantitative estimate of drug-likeness (QED) is 0.273. The predicted octanol–water partition coefficient (Wildman–Crippen LogP) is 5.29. The van der Waals surface area contributed by atoms with Crippen molar-refractivity contribution in [2.24, 2.45) is 4.99 Å². The normalized spacial score (nSPS) is 12.5. The van der Waals surface area contributed by atoms with Gasteiger partial charge in [0.25, 0.3) is 0 Å². The van der Waals surface area contributed by atoms with E-state index in [2.05, 4.69) is 24.6 Å². The molecule has 1 aromatic carbocycles. The Kier molecular flexibility index (Phi) is 9.53. The summed E-state index contributed by atoms with van der Waals surface area (Å²) in [4.78, 5) is 18.2. The first-order chi connectivity index (χ1) is 13.0. The molecule has 4 nitrogen and oxygen atoms in total. The lowest BCUT2D eigenvalue weighted by atomic mass is 9.97. The second kappa shape index (κ2) is 11.6. The van der Waals surface area contributed by atoms with Crippen molar-refractivity contribution >= 4 is 17.3 Å². The molecule has 4 heteroatoms. The third-order valence-corrected chi connectivity index (χ3v) is 4.29. The minimum Gasteiger partial charge on any atom is -0.296 e. The molecule has 1 rings (SSSR count). The lowest BCUT2D eigenvalue weighted by molar-refractivity contribution is -0.125. The molecule has 0 N–H and O–H groups in total. The van der Waals surface area contributed by atoms with Crippen LogP contribution in [0.4, 0.5) is 0 Å². The number of unbranched alkanes of at least 4 members (excludes halogenated alkanes) is 1. The Balaban J connectivity index is 3.07. The number of benzene rings is 1. The highest BCUT2D eigenvalue weighted by atomic mass is 16.2. The summed E-state index contributed by atoms with van der Waals surface area (Å²) in [7, 11) is 1.73. The maximum atomic E-state index is 12.1. The van der Waals surface area contributed by atoms with E-state index < -0.39 is 0 Å². The van der Waals surface area contributed by atoms with E-state index in [1.807, 2.05) is 37.3 Å². The van der Waals surface area contributed by atoms with Crippen molar-refractivity contribution in [1.29, 1.82) is 5.26 Å². The largest absolute Gasteiger partial charge is 0.296 e. The third kappa shape index (κ3) is 6.38. The molecule has 0 spiro atoms. The number of amidine groups is 1. The number of rotatable bonds is 8. The molecule has 0 aliphatic rings. The summed E-state index contributed by atoms with van der Waals surface area (Å²) in [6.07, 6.45) is 8.10. The zero-order valence-corrected chi connectivity index (χ0v) is 16.8. The molecule has 0 saturated heterocycles. The standard InChI is InChI=1S/C23H29N3O/c1-6-9-11-23(25-5)26(18(4)27)17-19-12-14-20(15-13-19)22(8-3)21(16-24)10-7-2/h7-8,10,12-15H,2,6,9,11,17H2,1,3-5H3/b21-10-,22-8-,25-23?. The molecular formula is C23H29N3O. The smallest absolute Gasteiger partial charge is 0.225 e. The van der Waals surface area contributed by atoms with Gasteiger partial charge in [0.15, 0.2) is 0 Å². The highest BCUT2D eigenvalue weighted by Crippen LogP contribution is 2.23. The minimum absolute atomic E-state index is 0.00870. The number of hydrogen-bond acceptors (Lipinski definition) is 3. The van der Waals surface area contributed by atoms with Gasteiger partial charge in [-0.2, -0.15) is 5.26 Å². The van der Waals surface area contributed by atoms with E-state index in [4.69, 9.17) is 0 Å². The van der Waals surface area contributed by atoms with E-state index in [-0.39, 0.29) is 5.91 Å². The van der Waals surface area contributed by atoms with Crippen LogP contribution in [0.5, 0.6) is 0 Å². The molecule has 0 atom stereocenters. The average Bonchev–Trinajstić information content (AvgIpc) is 2.68. The van der Waals surface area contributed by atoms with Crippen LogP contribution in [0.1, 0.15) is 51.2 Å². The molecular weight excluding hydrogens is 334 g/mol. The van der Waals surface area contributed by atoms with Crippen LogP contribution in [0.25, 0.3) is 5.57 Å². The summed E-state index contributed by atoms with van der Waals surface area (Å²) in [6, 6.07) is 10.1. The molecule has 0 aromatic heterocycles. The summed E-state index contributed by atoms with van der Waals surface area (Å²) in [5.74, 6) is 0.814. The molecule has 0 bridgehead atoms. The van der Waals surface area contributed by atoms with Gasteiger partial charge in [0.05, 0.1) is 18.2 Å². The van der Waals surface area contributed by atoms with Gasteiger partial charge in [-0.15, -0.1) is 0 Å². The van der Waals surface area contributed by atoms with E-state index in [1.165, 1.54) is 0 Å². The first-order valence-corrected chi connectivity index (χ1v) is 9.24. The van der Waals surface area contributed by atoms with Crippen molar-refractivity contribution in [2.45, 2.75) is 46.6 Å². The topological polar surface area (TPSA) is 56.5 Å². The molecule has 0 saturated carbocycles. The van der Waals surface area contributed by atoms with E-state index >= 15 is 0 Å². The van der Waals surface area contributed by atoms with Crippen molar-refractivity contribution < 1.29 is 4.79 Å². The lowest BCUT2D eigenvalue weighted by Gasteiger charge is -2.23. The van der Waals surface area contributed by atoms with Crippen LogP contribution < -0.4 is 0 Å². The number of hydrogen-bond donors (Lipinski definition) is 0. The number of nitrogens with zero attached hydrogens (tertiary/aromatic N) is 3. The van der Waals surface area contributed by atoms with Crippen molar-refractivity contribution in [2.75, 3.05) is 7.05 Å². The fourth-order valence-corrected chi connectivity index (χ4v) is 2.84. The van der Waals surface area contributed by atoms with Gasteiger partial charge in [-0.05, 0) is 36.1 Å². The fraction of sp³-hybridized carbons (Fsp3) is 0.348. The van der Waals surface area contributed by atoms with Crippen LogP contribution in [0.2, 0.25) is 0 Å². The van der Waals surface area contributed by atoms with Crippen LogP contribution in [-0.4, -0.2) is 23.7 Å². The van der Waals surface area contributed by atoms with Crippen LogP contribution in [-0.2, 0) is 11.3 Å². The Morgan fingerprint density at radius 1 is 1.33 bits per heavy atom. The summed E-state index contributed by atoms with van der Waals surface area (Å²) < 4.78 is 0. The molecule has 0 fully saturated rings. The Hall–Kier alpha value is -2.93. The number of allylic oxidation sites excluding steroid dienone is 5. The SMILES string of the molecule is C=C/C=C(C#N)\C(=C/C)c1ccc(CN(C(C)=O)C(CCCC)=NC)cc1. The lowest BCUT2D eigenvalue weighted by Crippen LogP contribution is -2.34. The van der Waals surface area contributed by atoms with Crippen LogP contribution in [0, 0.1) is 11.3 Å². The number of aliphatic imine (C=N–C) groups is 1. The second-order valence-corrected chi connectivity index (χ2v) is 6.18. The molecule has 1 aromatic rings. The Labute approximate surface area is 163 Å². The maximum Gasteiger partial charge on any atom is 0.225 e. The monoisotopic (exact) mass is 363 g/mol. The van der Waals surface area contributed by atoms with E-state index in [1.54, 1.807) is 31.0 Å². The maximum absolute atomic E-state index is 12.1. The van der Waals surface area contributed by atoms with Crippen LogP contribution in [0.15, 0.2) is 59.6 Å². The van der Waals surface area contributed by atoms with Crippen molar-refractivity contribution in [3.8, 4) is 6.07 Å². The minimum atomic E-state index is -0.00870. The Morgan fingerprint density at radius 3 is 2.44 bits per heavy atom. The molecule has 1 amide bonds. The molecule has 27 heavy (non-hydrogen) atoms. The van der Waals surface area contributed by atoms with Crippen molar-refractivity contribution in [3.05, 3.63) is 65.8 Å². The van der Waals surface area contributed by atoms with Gasteiger partial charge in [0.2, 0.25) is 5.91 Å².